The number of amides is 1. The molecule has 1 saturated carbocycles. The lowest BCUT2D eigenvalue weighted by molar-refractivity contribution is -0.143. The molecule has 0 spiro atoms. The Balaban J connectivity index is 1.59. The predicted molar refractivity (Wildman–Crippen MR) is 119 cm³/mol. The quantitative estimate of drug-likeness (QED) is 0.525. The molecule has 36 heavy (non-hydrogen) atoms. The van der Waals surface area contributed by atoms with Crippen LogP contribution >= 0.6 is 0 Å². The van der Waals surface area contributed by atoms with E-state index in [2.05, 4.69) is 20.6 Å². The van der Waals surface area contributed by atoms with E-state index in [1.54, 1.807) is 19.9 Å². The van der Waals surface area contributed by atoms with Gasteiger partial charge in [-0.3, -0.25) is 4.79 Å². The standard InChI is InChI=1S/C24H27F5N4O3/c1-13-15(5-4-6-16(13)24(27,28)29)10-30-20-19(21-35-7-8-36-21)17(31-14(2)32-20)9-18(34)33-22(3)11-23(25,26)12-22/h4-6,21H,7-12H2,1-3H3,(H,33,34)(H,30,31,32). The summed E-state index contributed by atoms with van der Waals surface area (Å²) in [6, 6.07) is 3.94. The minimum absolute atomic E-state index is 0.0186. The largest absolute Gasteiger partial charge is 0.416 e. The average Bonchev–Trinajstić information content (AvgIpc) is 3.24. The molecule has 1 aromatic carbocycles. The molecule has 1 aliphatic carbocycles. The van der Waals surface area contributed by atoms with Crippen molar-refractivity contribution < 1.29 is 36.2 Å². The van der Waals surface area contributed by atoms with Crippen LogP contribution in [0, 0.1) is 13.8 Å². The van der Waals surface area contributed by atoms with Gasteiger partial charge in [0.25, 0.3) is 5.92 Å². The number of hydrogen-bond acceptors (Lipinski definition) is 6. The highest BCUT2D eigenvalue weighted by molar-refractivity contribution is 5.80. The lowest BCUT2D eigenvalue weighted by Gasteiger charge is -2.45. The number of ether oxygens (including phenoxy) is 2. The Bertz CT molecular complexity index is 1140. The summed E-state index contributed by atoms with van der Waals surface area (Å²) in [5, 5.41) is 5.70. The Hall–Kier alpha value is -2.86. The monoisotopic (exact) mass is 514 g/mol. The molecule has 2 aliphatic rings. The number of hydrogen-bond donors (Lipinski definition) is 2. The molecule has 12 heteroatoms. The van der Waals surface area contributed by atoms with Crippen LogP contribution in [0.15, 0.2) is 18.2 Å². The Kier molecular flexibility index (Phi) is 6.95. The molecule has 4 rings (SSSR count). The van der Waals surface area contributed by atoms with Gasteiger partial charge in [0.05, 0.1) is 36.5 Å². The van der Waals surface area contributed by atoms with E-state index in [4.69, 9.17) is 9.47 Å². The van der Waals surface area contributed by atoms with Crippen molar-refractivity contribution in [1.29, 1.82) is 0 Å². The third-order valence-electron chi connectivity index (χ3n) is 6.26. The number of rotatable bonds is 7. The molecule has 1 amide bonds. The zero-order valence-electron chi connectivity index (χ0n) is 20.1. The SMILES string of the molecule is Cc1nc(CC(=O)NC2(C)CC(F)(F)C2)c(C2OCCO2)c(NCc2cccc(C(F)(F)F)c2C)n1. The van der Waals surface area contributed by atoms with Crippen molar-refractivity contribution in [2.75, 3.05) is 18.5 Å². The summed E-state index contributed by atoms with van der Waals surface area (Å²) < 4.78 is 77.9. The number of nitrogens with zero attached hydrogens (tertiary/aromatic N) is 2. The third kappa shape index (κ3) is 5.75. The van der Waals surface area contributed by atoms with Crippen LogP contribution in [0.3, 0.4) is 0 Å². The summed E-state index contributed by atoms with van der Waals surface area (Å²) in [7, 11) is 0. The van der Waals surface area contributed by atoms with Gasteiger partial charge >= 0.3 is 6.18 Å². The molecule has 196 valence electrons. The average molecular weight is 514 g/mol. The van der Waals surface area contributed by atoms with Crippen molar-refractivity contribution >= 4 is 11.7 Å². The van der Waals surface area contributed by atoms with Gasteiger partial charge in [0.15, 0.2) is 6.29 Å². The number of halogens is 5. The molecule has 1 aromatic heterocycles. The van der Waals surface area contributed by atoms with Gasteiger partial charge in [-0.2, -0.15) is 13.2 Å². The van der Waals surface area contributed by atoms with E-state index in [1.165, 1.54) is 13.0 Å². The summed E-state index contributed by atoms with van der Waals surface area (Å²) in [5.41, 5.74) is -0.602. The first-order chi connectivity index (χ1) is 16.8. The topological polar surface area (TPSA) is 85.4 Å². The van der Waals surface area contributed by atoms with Gasteiger partial charge in [0, 0.05) is 24.9 Å². The minimum atomic E-state index is -4.48. The van der Waals surface area contributed by atoms with Crippen molar-refractivity contribution in [3.63, 3.8) is 0 Å². The Morgan fingerprint density at radius 1 is 1.14 bits per heavy atom. The lowest BCUT2D eigenvalue weighted by atomic mass is 9.75. The highest BCUT2D eigenvalue weighted by atomic mass is 19.4. The van der Waals surface area contributed by atoms with Crippen molar-refractivity contribution in [1.82, 2.24) is 15.3 Å². The number of anilines is 1. The molecule has 0 radical (unpaired) electrons. The van der Waals surface area contributed by atoms with Crippen LogP contribution in [0.5, 0.6) is 0 Å². The lowest BCUT2D eigenvalue weighted by Crippen LogP contribution is -2.60. The molecule has 2 aromatic rings. The van der Waals surface area contributed by atoms with Gasteiger partial charge < -0.3 is 20.1 Å². The summed E-state index contributed by atoms with van der Waals surface area (Å²) in [4.78, 5) is 21.5. The number of aryl methyl sites for hydroxylation is 1. The minimum Gasteiger partial charge on any atom is -0.365 e. The van der Waals surface area contributed by atoms with Crippen LogP contribution < -0.4 is 10.6 Å². The maximum Gasteiger partial charge on any atom is 0.416 e. The number of alkyl halides is 5. The zero-order valence-corrected chi connectivity index (χ0v) is 20.1. The van der Waals surface area contributed by atoms with E-state index in [1.807, 2.05) is 0 Å². The van der Waals surface area contributed by atoms with Gasteiger partial charge in [0.1, 0.15) is 11.6 Å². The first kappa shape index (κ1) is 26.2. The normalized spacial score (nSPS) is 19.1. The summed E-state index contributed by atoms with van der Waals surface area (Å²) in [5.74, 6) is -2.73. The van der Waals surface area contributed by atoms with Crippen LogP contribution in [0.4, 0.5) is 27.8 Å². The molecular formula is C24H27F5N4O3. The fourth-order valence-corrected chi connectivity index (χ4v) is 4.75. The molecule has 1 saturated heterocycles. The second-order valence-electron chi connectivity index (χ2n) is 9.49. The van der Waals surface area contributed by atoms with Gasteiger partial charge in [-0.25, -0.2) is 18.7 Å². The third-order valence-corrected chi connectivity index (χ3v) is 6.26. The first-order valence-electron chi connectivity index (χ1n) is 11.5. The highest BCUT2D eigenvalue weighted by Gasteiger charge is 2.54. The van der Waals surface area contributed by atoms with Crippen LogP contribution in [0.1, 0.15) is 59.8 Å². The van der Waals surface area contributed by atoms with Crippen LogP contribution in [-0.4, -0.2) is 40.6 Å². The first-order valence-corrected chi connectivity index (χ1v) is 11.5. The Morgan fingerprint density at radius 2 is 1.81 bits per heavy atom. The number of benzene rings is 1. The predicted octanol–water partition coefficient (Wildman–Crippen LogP) is 4.62. The van der Waals surface area contributed by atoms with Gasteiger partial charge in [0.2, 0.25) is 5.91 Å². The van der Waals surface area contributed by atoms with Crippen LogP contribution in [0.2, 0.25) is 0 Å². The highest BCUT2D eigenvalue weighted by Crippen LogP contribution is 2.45. The molecule has 1 aliphatic heterocycles. The van der Waals surface area contributed by atoms with Crippen molar-refractivity contribution in [2.24, 2.45) is 0 Å². The fraction of sp³-hybridized carbons (Fsp3) is 0.542. The zero-order chi connectivity index (χ0) is 26.3. The number of carbonyl (C=O) groups is 1. The fourth-order valence-electron chi connectivity index (χ4n) is 4.75. The maximum absolute atomic E-state index is 13.4. The smallest absolute Gasteiger partial charge is 0.365 e. The molecule has 0 atom stereocenters. The van der Waals surface area contributed by atoms with E-state index < -0.39 is 48.2 Å². The number of nitrogens with one attached hydrogen (secondary N) is 2. The van der Waals surface area contributed by atoms with E-state index in [0.29, 0.717) is 30.2 Å². The molecule has 2 fully saturated rings. The van der Waals surface area contributed by atoms with Crippen LogP contribution in [-0.2, 0) is 33.4 Å². The number of aromatic nitrogens is 2. The molecule has 0 unspecified atom stereocenters. The second-order valence-corrected chi connectivity index (χ2v) is 9.49. The number of carbonyl (C=O) groups excluding carboxylic acids is 1. The van der Waals surface area contributed by atoms with Crippen molar-refractivity contribution in [3.05, 3.63) is 52.0 Å². The molecule has 2 N–H and O–H groups in total. The Labute approximate surface area is 204 Å². The van der Waals surface area contributed by atoms with Gasteiger partial charge in [-0.1, -0.05) is 12.1 Å². The van der Waals surface area contributed by atoms with Gasteiger partial charge in [-0.15, -0.1) is 0 Å². The van der Waals surface area contributed by atoms with Crippen molar-refractivity contribution in [2.45, 2.75) is 70.5 Å². The summed E-state index contributed by atoms with van der Waals surface area (Å²) in [6.07, 6.45) is -6.50. The van der Waals surface area contributed by atoms with E-state index >= 15 is 0 Å². The molecule has 7 nitrogen and oxygen atoms in total. The molecule has 2 heterocycles. The summed E-state index contributed by atoms with van der Waals surface area (Å²) >= 11 is 0. The van der Waals surface area contributed by atoms with Crippen molar-refractivity contribution in [3.8, 4) is 0 Å². The van der Waals surface area contributed by atoms with E-state index in [-0.39, 0.29) is 30.0 Å². The Morgan fingerprint density at radius 3 is 2.42 bits per heavy atom. The van der Waals surface area contributed by atoms with E-state index in [9.17, 15) is 26.7 Å². The maximum atomic E-state index is 13.4. The van der Waals surface area contributed by atoms with Gasteiger partial charge in [-0.05, 0) is 38.0 Å². The molecular weight excluding hydrogens is 487 g/mol. The summed E-state index contributed by atoms with van der Waals surface area (Å²) in [6.45, 7) is 5.17. The second kappa shape index (κ2) is 9.55. The molecule has 0 bridgehead atoms. The van der Waals surface area contributed by atoms with E-state index in [0.717, 1.165) is 6.07 Å². The van der Waals surface area contributed by atoms with Crippen LogP contribution in [0.25, 0.3) is 0 Å².